The second-order valence-corrected chi connectivity index (χ2v) is 9.48. The van der Waals surface area contributed by atoms with E-state index in [1.807, 2.05) is 42.5 Å². The summed E-state index contributed by atoms with van der Waals surface area (Å²) in [6.07, 6.45) is 6.76. The van der Waals surface area contributed by atoms with Crippen molar-refractivity contribution in [1.82, 2.24) is 4.98 Å². The number of carbonyl (C=O) groups is 1. The first-order valence-corrected chi connectivity index (χ1v) is 12.7. The number of hydrogen-bond donors (Lipinski definition) is 0. The maximum absolute atomic E-state index is 11.4. The van der Waals surface area contributed by atoms with Gasteiger partial charge in [0.25, 0.3) is 0 Å². The van der Waals surface area contributed by atoms with Crippen molar-refractivity contribution >= 4 is 51.2 Å². The van der Waals surface area contributed by atoms with Crippen molar-refractivity contribution in [2.75, 3.05) is 0 Å². The number of aryl methyl sites for hydroxylation is 1. The van der Waals surface area contributed by atoms with E-state index in [4.69, 9.17) is 23.2 Å². The third kappa shape index (κ3) is 5.51. The molecule has 0 atom stereocenters. The number of allylic oxidation sites excluding steroid dienone is 4. The number of nitrogens with zero attached hydrogens (tertiary/aromatic N) is 2. The molecule has 3 nitrogen and oxygen atoms in total. The summed E-state index contributed by atoms with van der Waals surface area (Å²) in [6.45, 7) is 3.61. The smallest absolute Gasteiger partial charge is 0.152 e. The van der Waals surface area contributed by atoms with Crippen LogP contribution >= 0.6 is 23.2 Å². The van der Waals surface area contributed by atoms with E-state index in [-0.39, 0.29) is 10.9 Å². The molecule has 0 N–H and O–H groups in total. The Kier molecular flexibility index (Phi) is 8.21. The van der Waals surface area contributed by atoms with Gasteiger partial charge < -0.3 is 0 Å². The molecule has 1 aliphatic rings. The van der Waals surface area contributed by atoms with Crippen molar-refractivity contribution in [3.63, 3.8) is 0 Å². The first-order valence-electron chi connectivity index (χ1n) is 12.0. The van der Waals surface area contributed by atoms with Gasteiger partial charge in [-0.1, -0.05) is 84.7 Å². The minimum Gasteiger partial charge on any atom is -0.295 e. The van der Waals surface area contributed by atoms with Gasteiger partial charge in [-0.3, -0.25) is 4.79 Å². The van der Waals surface area contributed by atoms with E-state index in [2.05, 4.69) is 30.1 Å². The van der Waals surface area contributed by atoms with E-state index in [1.165, 1.54) is 12.5 Å². The van der Waals surface area contributed by atoms with Crippen LogP contribution in [0.5, 0.6) is 0 Å². The number of fused-ring (bicyclic) bond motifs is 1. The molecular formula is C31H26Cl2N2O. The average molecular weight is 513 g/mol. The van der Waals surface area contributed by atoms with E-state index in [0.717, 1.165) is 63.3 Å². The van der Waals surface area contributed by atoms with Crippen LogP contribution in [0.25, 0.3) is 22.3 Å². The molecule has 1 aliphatic carbocycles. The number of ketones is 1. The zero-order chi connectivity index (χ0) is 25.7. The molecule has 0 unspecified atom stereocenters. The van der Waals surface area contributed by atoms with Crippen LogP contribution in [0.3, 0.4) is 0 Å². The molecule has 1 aromatic heterocycles. The molecular weight excluding hydrogens is 487 g/mol. The Morgan fingerprint density at radius 3 is 2.50 bits per heavy atom. The molecule has 0 aliphatic heterocycles. The van der Waals surface area contributed by atoms with E-state index >= 15 is 0 Å². The summed E-state index contributed by atoms with van der Waals surface area (Å²) in [7, 11) is 0. The highest BCUT2D eigenvalue weighted by atomic mass is 35.5. The lowest BCUT2D eigenvalue weighted by atomic mass is 9.85. The van der Waals surface area contributed by atoms with Crippen LogP contribution < -0.4 is 0 Å². The quantitative estimate of drug-likeness (QED) is 0.245. The van der Waals surface area contributed by atoms with Crippen LogP contribution in [-0.4, -0.2) is 10.8 Å². The van der Waals surface area contributed by atoms with Crippen molar-refractivity contribution in [2.45, 2.75) is 39.5 Å². The Hall–Kier alpha value is -3.45. The van der Waals surface area contributed by atoms with Crippen LogP contribution in [-0.2, 0) is 11.2 Å². The number of carbonyl (C=O) groups excluding carboxylic acids is 1. The summed E-state index contributed by atoms with van der Waals surface area (Å²) in [5, 5.41) is 10.9. The van der Waals surface area contributed by atoms with Crippen LogP contribution in [0.2, 0.25) is 5.15 Å². The number of benzene rings is 2. The lowest BCUT2D eigenvalue weighted by Gasteiger charge is -2.20. The molecule has 0 amide bonds. The summed E-state index contributed by atoms with van der Waals surface area (Å²) >= 11 is 13.3. The van der Waals surface area contributed by atoms with Crippen molar-refractivity contribution in [2.24, 2.45) is 0 Å². The third-order valence-corrected chi connectivity index (χ3v) is 6.99. The Balaban J connectivity index is 2.00. The van der Waals surface area contributed by atoms with Crippen LogP contribution in [0.4, 0.5) is 0 Å². The number of nitriles is 1. The Labute approximate surface area is 222 Å². The molecule has 0 saturated carbocycles. The molecule has 36 heavy (non-hydrogen) atoms. The standard InChI is InChI=1S/C31H26Cl2N2O/c1-3-24(26-17-18-29(32)35-28(26)19-34)30(23-15-13-21(14-16-23)12-11-20(2)36)27-10-6-8-22-7-4-5-9-25(22)31(27)33/h4-5,7,9,11-18H,3,6,8,10H2,1-2H3/b12-11+,30-24+. The van der Waals surface area contributed by atoms with Gasteiger partial charge in [0.15, 0.2) is 5.78 Å². The highest BCUT2D eigenvalue weighted by molar-refractivity contribution is 6.50. The first kappa shape index (κ1) is 25.6. The Morgan fingerprint density at radius 2 is 1.81 bits per heavy atom. The largest absolute Gasteiger partial charge is 0.295 e. The van der Waals surface area contributed by atoms with Crippen molar-refractivity contribution in [1.29, 1.82) is 5.26 Å². The monoisotopic (exact) mass is 512 g/mol. The normalized spacial score (nSPS) is 14.2. The number of halogens is 2. The predicted molar refractivity (Wildman–Crippen MR) is 149 cm³/mol. The van der Waals surface area contributed by atoms with Crippen LogP contribution in [0.1, 0.15) is 66.6 Å². The summed E-state index contributed by atoms with van der Waals surface area (Å²) < 4.78 is 0. The van der Waals surface area contributed by atoms with Gasteiger partial charge in [0.05, 0.1) is 5.03 Å². The van der Waals surface area contributed by atoms with Gasteiger partial charge in [0.1, 0.15) is 16.9 Å². The second-order valence-electron chi connectivity index (χ2n) is 8.72. The summed E-state index contributed by atoms with van der Waals surface area (Å²) in [5.74, 6) is 0.00117. The minimum atomic E-state index is 0.00117. The fraction of sp³-hybridized carbons (Fsp3) is 0.194. The van der Waals surface area contributed by atoms with Gasteiger partial charge in [-0.2, -0.15) is 5.26 Å². The molecule has 0 radical (unpaired) electrons. The molecule has 0 fully saturated rings. The molecule has 0 spiro atoms. The van der Waals surface area contributed by atoms with E-state index in [0.29, 0.717) is 12.1 Å². The number of pyridine rings is 1. The zero-order valence-electron chi connectivity index (χ0n) is 20.3. The first-order chi connectivity index (χ1) is 17.4. The lowest BCUT2D eigenvalue weighted by molar-refractivity contribution is -0.112. The molecule has 0 saturated heterocycles. The highest BCUT2D eigenvalue weighted by Crippen LogP contribution is 2.44. The molecule has 4 rings (SSSR count). The number of aromatic nitrogens is 1. The molecule has 180 valence electrons. The average Bonchev–Trinajstić information content (AvgIpc) is 3.05. The summed E-state index contributed by atoms with van der Waals surface area (Å²) in [4.78, 5) is 15.7. The highest BCUT2D eigenvalue weighted by Gasteiger charge is 2.23. The predicted octanol–water partition coefficient (Wildman–Crippen LogP) is 8.52. The van der Waals surface area contributed by atoms with Crippen molar-refractivity contribution < 1.29 is 4.79 Å². The van der Waals surface area contributed by atoms with Crippen LogP contribution in [0, 0.1) is 11.3 Å². The van der Waals surface area contributed by atoms with Crippen molar-refractivity contribution in [3.05, 3.63) is 111 Å². The SMILES string of the molecule is CC/C(=C(\C1=C(Cl)c2ccccc2CCC1)c1ccc(/C=C/C(C)=O)cc1)c1ccc(Cl)nc1C#N. The fourth-order valence-electron chi connectivity index (χ4n) is 4.69. The van der Waals surface area contributed by atoms with Gasteiger partial charge >= 0.3 is 0 Å². The third-order valence-electron chi connectivity index (χ3n) is 6.35. The minimum absolute atomic E-state index is 0.00117. The van der Waals surface area contributed by atoms with Gasteiger partial charge in [0.2, 0.25) is 0 Å². The fourth-order valence-corrected chi connectivity index (χ4v) is 5.21. The maximum Gasteiger partial charge on any atom is 0.152 e. The summed E-state index contributed by atoms with van der Waals surface area (Å²) in [6, 6.07) is 22.2. The second kappa shape index (κ2) is 11.5. The van der Waals surface area contributed by atoms with E-state index in [1.54, 1.807) is 18.2 Å². The molecule has 3 aromatic rings. The number of rotatable bonds is 6. The Bertz CT molecular complexity index is 1440. The molecule has 2 aromatic carbocycles. The van der Waals surface area contributed by atoms with E-state index in [9.17, 15) is 10.1 Å². The van der Waals surface area contributed by atoms with Gasteiger partial charge in [0, 0.05) is 5.56 Å². The molecule has 0 bridgehead atoms. The van der Waals surface area contributed by atoms with Gasteiger partial charge in [-0.15, -0.1) is 0 Å². The van der Waals surface area contributed by atoms with Crippen LogP contribution in [0.15, 0.2) is 72.3 Å². The molecule has 5 heteroatoms. The Morgan fingerprint density at radius 1 is 1.06 bits per heavy atom. The van der Waals surface area contributed by atoms with Gasteiger partial charge in [-0.05, 0) is 89.8 Å². The topological polar surface area (TPSA) is 53.8 Å². The lowest BCUT2D eigenvalue weighted by Crippen LogP contribution is -2.01. The number of hydrogen-bond acceptors (Lipinski definition) is 3. The summed E-state index contributed by atoms with van der Waals surface area (Å²) in [5.41, 5.74) is 8.35. The zero-order valence-corrected chi connectivity index (χ0v) is 21.8. The maximum atomic E-state index is 11.4. The van der Waals surface area contributed by atoms with E-state index < -0.39 is 0 Å². The molecule has 1 heterocycles. The van der Waals surface area contributed by atoms with Gasteiger partial charge in [-0.25, -0.2) is 4.98 Å². The van der Waals surface area contributed by atoms with Crippen molar-refractivity contribution in [3.8, 4) is 6.07 Å².